The van der Waals surface area contributed by atoms with E-state index in [4.69, 9.17) is 5.11 Å². The smallest absolute Gasteiger partial charge is 0.342 e. The van der Waals surface area contributed by atoms with Crippen molar-refractivity contribution in [2.75, 3.05) is 0 Å². The minimum absolute atomic E-state index is 0.0684. The molecule has 1 unspecified atom stereocenters. The van der Waals surface area contributed by atoms with Crippen molar-refractivity contribution in [2.24, 2.45) is 5.92 Å². The molecule has 0 saturated carbocycles. The number of aromatic nitrogens is 2. The molecule has 0 aliphatic carbocycles. The van der Waals surface area contributed by atoms with Crippen LogP contribution in [0, 0.1) is 5.92 Å². The van der Waals surface area contributed by atoms with Gasteiger partial charge in [0.15, 0.2) is 0 Å². The number of nitrogens with one attached hydrogen (secondary N) is 1. The molecule has 2 N–H and O–H groups in total. The van der Waals surface area contributed by atoms with Crippen molar-refractivity contribution in [3.63, 3.8) is 0 Å². The van der Waals surface area contributed by atoms with Gasteiger partial charge in [0.2, 0.25) is 0 Å². The van der Waals surface area contributed by atoms with Crippen molar-refractivity contribution >= 4 is 17.3 Å². The first kappa shape index (κ1) is 14.3. The van der Waals surface area contributed by atoms with Crippen molar-refractivity contribution in [3.05, 3.63) is 55.0 Å². The van der Waals surface area contributed by atoms with E-state index in [0.717, 1.165) is 11.1 Å². The van der Waals surface area contributed by atoms with Gasteiger partial charge in [-0.25, -0.2) is 9.59 Å². The Morgan fingerprint density at radius 2 is 2.10 bits per heavy atom. The molecule has 106 valence electrons. The molecule has 2 aromatic rings. The number of carboxylic acids is 1. The van der Waals surface area contributed by atoms with Gasteiger partial charge in [-0.05, 0) is 17.4 Å². The van der Waals surface area contributed by atoms with E-state index in [1.165, 1.54) is 15.9 Å². The highest BCUT2D eigenvalue weighted by Crippen LogP contribution is 2.28. The molecule has 2 heterocycles. The van der Waals surface area contributed by atoms with Crippen molar-refractivity contribution in [1.29, 1.82) is 0 Å². The van der Waals surface area contributed by atoms with Crippen LogP contribution in [0.1, 0.15) is 35.1 Å². The predicted molar refractivity (Wildman–Crippen MR) is 75.6 cm³/mol. The fraction of sp³-hybridized carbons (Fsp3) is 0.308. The number of H-pyrrole nitrogens is 1. The molecule has 0 amide bonds. The summed E-state index contributed by atoms with van der Waals surface area (Å²) in [6.45, 7) is 3.87. The van der Waals surface area contributed by atoms with Crippen LogP contribution in [0.2, 0.25) is 0 Å². The quantitative estimate of drug-likeness (QED) is 0.894. The maximum atomic E-state index is 12.0. The first-order valence-electron chi connectivity index (χ1n) is 6.04. The standard InChI is InChI=1S/C13H14N2O4S/c1-7(2)10(9-4-3-5-20-9)15-6-8(12(17)18)11(16)14-13(15)19/h3-7,10H,1-2H3,(H,17,18)(H,14,16,19). The first-order chi connectivity index (χ1) is 9.41. The lowest BCUT2D eigenvalue weighted by Gasteiger charge is -2.22. The van der Waals surface area contributed by atoms with E-state index in [2.05, 4.69) is 4.98 Å². The molecule has 6 nitrogen and oxygen atoms in total. The molecule has 20 heavy (non-hydrogen) atoms. The topological polar surface area (TPSA) is 92.2 Å². The van der Waals surface area contributed by atoms with Gasteiger partial charge < -0.3 is 5.11 Å². The van der Waals surface area contributed by atoms with Crippen LogP contribution in [-0.4, -0.2) is 20.6 Å². The second-order valence-corrected chi connectivity index (χ2v) is 5.70. The third-order valence-corrected chi connectivity index (χ3v) is 3.91. The second-order valence-electron chi connectivity index (χ2n) is 4.72. The molecule has 0 saturated heterocycles. The third kappa shape index (κ3) is 2.57. The number of thiophene rings is 1. The summed E-state index contributed by atoms with van der Waals surface area (Å²) in [5.74, 6) is -1.28. The van der Waals surface area contributed by atoms with Crippen LogP contribution in [0.15, 0.2) is 33.3 Å². The molecule has 0 fully saturated rings. The molecule has 0 bridgehead atoms. The molecule has 1 atom stereocenters. The zero-order valence-corrected chi connectivity index (χ0v) is 11.8. The Kier molecular flexibility index (Phi) is 3.89. The van der Waals surface area contributed by atoms with Gasteiger partial charge in [-0.1, -0.05) is 19.9 Å². The summed E-state index contributed by atoms with van der Waals surface area (Å²) in [7, 11) is 0. The van der Waals surface area contributed by atoms with Gasteiger partial charge in [0.05, 0.1) is 6.04 Å². The fourth-order valence-electron chi connectivity index (χ4n) is 2.09. The van der Waals surface area contributed by atoms with E-state index in [9.17, 15) is 14.4 Å². The van der Waals surface area contributed by atoms with E-state index in [-0.39, 0.29) is 12.0 Å². The number of carboxylic acid groups (broad SMARTS) is 1. The molecule has 7 heteroatoms. The van der Waals surface area contributed by atoms with Gasteiger partial charge in [-0.15, -0.1) is 11.3 Å². The fourth-order valence-corrected chi connectivity index (χ4v) is 3.09. The normalized spacial score (nSPS) is 12.6. The third-order valence-electron chi connectivity index (χ3n) is 2.96. The Hall–Kier alpha value is -2.15. The number of aromatic amines is 1. The second kappa shape index (κ2) is 5.46. The number of nitrogens with zero attached hydrogens (tertiary/aromatic N) is 1. The van der Waals surface area contributed by atoms with E-state index < -0.39 is 22.8 Å². The Bertz CT molecular complexity index is 728. The highest BCUT2D eigenvalue weighted by molar-refractivity contribution is 7.10. The van der Waals surface area contributed by atoms with Crippen LogP contribution in [0.3, 0.4) is 0 Å². The average molecular weight is 294 g/mol. The lowest BCUT2D eigenvalue weighted by atomic mass is 10.0. The Morgan fingerprint density at radius 3 is 2.60 bits per heavy atom. The highest BCUT2D eigenvalue weighted by Gasteiger charge is 2.22. The molecule has 0 radical (unpaired) electrons. The van der Waals surface area contributed by atoms with Gasteiger partial charge in [0.1, 0.15) is 5.56 Å². The van der Waals surface area contributed by atoms with Crippen molar-refractivity contribution < 1.29 is 9.90 Å². The molecular weight excluding hydrogens is 280 g/mol. The number of rotatable bonds is 4. The number of hydrogen-bond acceptors (Lipinski definition) is 4. The van der Waals surface area contributed by atoms with Gasteiger partial charge in [-0.3, -0.25) is 14.3 Å². The largest absolute Gasteiger partial charge is 0.477 e. The van der Waals surface area contributed by atoms with Crippen LogP contribution in [0.5, 0.6) is 0 Å². The van der Waals surface area contributed by atoms with E-state index >= 15 is 0 Å². The maximum absolute atomic E-state index is 12.0. The lowest BCUT2D eigenvalue weighted by Crippen LogP contribution is -2.36. The zero-order chi connectivity index (χ0) is 14.9. The number of hydrogen-bond donors (Lipinski definition) is 2. The van der Waals surface area contributed by atoms with Crippen molar-refractivity contribution in [3.8, 4) is 0 Å². The van der Waals surface area contributed by atoms with Crippen LogP contribution in [0.25, 0.3) is 0 Å². The van der Waals surface area contributed by atoms with Gasteiger partial charge in [-0.2, -0.15) is 0 Å². The zero-order valence-electron chi connectivity index (χ0n) is 11.0. The summed E-state index contributed by atoms with van der Waals surface area (Å²) >= 11 is 1.48. The van der Waals surface area contributed by atoms with E-state index in [1.807, 2.05) is 31.4 Å². The van der Waals surface area contributed by atoms with Crippen molar-refractivity contribution in [2.45, 2.75) is 19.9 Å². The van der Waals surface area contributed by atoms with Crippen LogP contribution in [-0.2, 0) is 0 Å². The summed E-state index contributed by atoms with van der Waals surface area (Å²) in [4.78, 5) is 37.5. The SMILES string of the molecule is CC(C)C(c1cccs1)n1cc(C(=O)O)c(=O)[nH]c1=O. The number of aromatic carboxylic acids is 1. The summed E-state index contributed by atoms with van der Waals surface area (Å²) in [6.07, 6.45) is 1.12. The molecule has 0 aromatic carbocycles. The maximum Gasteiger partial charge on any atom is 0.342 e. The monoisotopic (exact) mass is 294 g/mol. The van der Waals surface area contributed by atoms with Gasteiger partial charge >= 0.3 is 11.7 Å². The van der Waals surface area contributed by atoms with Crippen LogP contribution in [0.4, 0.5) is 0 Å². The van der Waals surface area contributed by atoms with E-state index in [0.29, 0.717) is 0 Å². The highest BCUT2D eigenvalue weighted by atomic mass is 32.1. The summed E-state index contributed by atoms with van der Waals surface area (Å²) < 4.78 is 1.28. The molecule has 2 rings (SSSR count). The Balaban J connectivity index is 2.66. The summed E-state index contributed by atoms with van der Waals surface area (Å²) in [6, 6.07) is 3.44. The van der Waals surface area contributed by atoms with Gasteiger partial charge in [0, 0.05) is 11.1 Å². The minimum Gasteiger partial charge on any atom is -0.477 e. The minimum atomic E-state index is -1.35. The predicted octanol–water partition coefficient (Wildman–Crippen LogP) is 1.54. The van der Waals surface area contributed by atoms with Gasteiger partial charge in [0.25, 0.3) is 5.56 Å². The summed E-state index contributed by atoms with van der Waals surface area (Å²) in [5.41, 5.74) is -1.92. The van der Waals surface area contributed by atoms with E-state index in [1.54, 1.807) is 0 Å². The lowest BCUT2D eigenvalue weighted by molar-refractivity contribution is 0.0693. The first-order valence-corrected chi connectivity index (χ1v) is 6.92. The Labute approximate surface area is 118 Å². The van der Waals surface area contributed by atoms with Crippen LogP contribution < -0.4 is 11.2 Å². The molecule has 0 aliphatic rings. The van der Waals surface area contributed by atoms with Crippen LogP contribution >= 0.6 is 11.3 Å². The molecule has 0 aliphatic heterocycles. The summed E-state index contributed by atoms with van der Waals surface area (Å²) in [5, 5.41) is 10.9. The van der Waals surface area contributed by atoms with Crippen molar-refractivity contribution in [1.82, 2.24) is 9.55 Å². The molecule has 2 aromatic heterocycles. The Morgan fingerprint density at radius 1 is 1.40 bits per heavy atom. The molecular formula is C13H14N2O4S. The number of carbonyl (C=O) groups is 1. The molecule has 0 spiro atoms. The average Bonchev–Trinajstić information content (AvgIpc) is 2.84.